The van der Waals surface area contributed by atoms with E-state index in [1.165, 1.54) is 83.5 Å². The Morgan fingerprint density at radius 1 is 0.564 bits per heavy atom. The molecule has 1 atom stereocenters. The van der Waals surface area contributed by atoms with Gasteiger partial charge >= 0.3 is 11.9 Å². The Morgan fingerprint density at radius 2 is 0.949 bits per heavy atom. The van der Waals surface area contributed by atoms with Crippen LogP contribution in [0.25, 0.3) is 0 Å². The zero-order valence-corrected chi connectivity index (χ0v) is 25.6. The van der Waals surface area contributed by atoms with Crippen LogP contribution in [0.15, 0.2) is 24.3 Å². The van der Waals surface area contributed by atoms with Crippen LogP contribution in [0.5, 0.6) is 0 Å². The number of unbranched alkanes of at least 4 members (excludes halogenated alkanes) is 17. The van der Waals surface area contributed by atoms with Crippen LogP contribution in [0, 0.1) is 0 Å². The fourth-order valence-corrected chi connectivity index (χ4v) is 4.42. The standard InChI is InChI=1S/C34H62O5/c1-3-5-7-9-11-13-15-17-19-21-23-25-27-29-34(37)39-32(30-35)31-38-33(36)28-26-24-22-20-18-16-14-12-10-8-6-4-2/h12-15,32,35H,3-11,16-31H2,1-2H3/b14-12-,15-13-. The first-order chi connectivity index (χ1) is 19.1. The van der Waals surface area contributed by atoms with Crippen LogP contribution >= 0.6 is 0 Å². The van der Waals surface area contributed by atoms with Crippen molar-refractivity contribution in [1.82, 2.24) is 0 Å². The molecule has 0 aliphatic rings. The molecular weight excluding hydrogens is 488 g/mol. The predicted molar refractivity (Wildman–Crippen MR) is 164 cm³/mol. The van der Waals surface area contributed by atoms with Gasteiger partial charge in [-0.05, 0) is 64.2 Å². The van der Waals surface area contributed by atoms with E-state index in [9.17, 15) is 14.7 Å². The third kappa shape index (κ3) is 29.2. The van der Waals surface area contributed by atoms with Gasteiger partial charge in [0.1, 0.15) is 6.61 Å². The summed E-state index contributed by atoms with van der Waals surface area (Å²) in [5.74, 6) is -0.613. The predicted octanol–water partition coefficient (Wildman–Crippen LogP) is 9.56. The van der Waals surface area contributed by atoms with Crippen molar-refractivity contribution in [3.05, 3.63) is 24.3 Å². The molecule has 0 saturated carbocycles. The molecule has 5 nitrogen and oxygen atoms in total. The van der Waals surface area contributed by atoms with Crippen LogP contribution in [0.1, 0.15) is 162 Å². The van der Waals surface area contributed by atoms with Crippen LogP contribution in [-0.2, 0) is 19.1 Å². The number of ether oxygens (including phenoxy) is 2. The van der Waals surface area contributed by atoms with Crippen LogP contribution in [0.4, 0.5) is 0 Å². The zero-order valence-electron chi connectivity index (χ0n) is 25.6. The second kappa shape index (κ2) is 30.9. The normalized spacial score (nSPS) is 12.4. The molecule has 0 fully saturated rings. The molecular formula is C34H62O5. The van der Waals surface area contributed by atoms with E-state index in [0.29, 0.717) is 12.8 Å². The minimum atomic E-state index is -0.773. The SMILES string of the molecule is CCCCC/C=C\CCCCCCCC(=O)OCC(CO)OC(=O)CCCCCCC/C=C\CCCCCC. The lowest BCUT2D eigenvalue weighted by molar-refractivity contribution is -0.161. The van der Waals surface area contributed by atoms with E-state index in [4.69, 9.17) is 9.47 Å². The van der Waals surface area contributed by atoms with Crippen molar-refractivity contribution in [3.8, 4) is 0 Å². The van der Waals surface area contributed by atoms with Gasteiger partial charge in [-0.15, -0.1) is 0 Å². The van der Waals surface area contributed by atoms with Gasteiger partial charge in [0.25, 0.3) is 0 Å². The summed E-state index contributed by atoms with van der Waals surface area (Å²) in [6.45, 7) is 4.06. The summed E-state index contributed by atoms with van der Waals surface area (Å²) in [6.07, 6.45) is 33.7. The molecule has 228 valence electrons. The number of esters is 2. The number of allylic oxidation sites excluding steroid dienone is 4. The Labute approximate surface area is 241 Å². The van der Waals surface area contributed by atoms with E-state index in [2.05, 4.69) is 38.2 Å². The van der Waals surface area contributed by atoms with E-state index < -0.39 is 6.10 Å². The van der Waals surface area contributed by atoms with Crippen molar-refractivity contribution < 1.29 is 24.2 Å². The maximum absolute atomic E-state index is 12.1. The van der Waals surface area contributed by atoms with E-state index in [0.717, 1.165) is 51.4 Å². The lowest BCUT2D eigenvalue weighted by Crippen LogP contribution is -2.28. The molecule has 0 aromatic carbocycles. The first-order valence-electron chi connectivity index (χ1n) is 16.4. The van der Waals surface area contributed by atoms with E-state index >= 15 is 0 Å². The van der Waals surface area contributed by atoms with Gasteiger partial charge in [-0.3, -0.25) is 9.59 Å². The van der Waals surface area contributed by atoms with Gasteiger partial charge in [0, 0.05) is 12.8 Å². The number of carbonyl (C=O) groups excluding carboxylic acids is 2. The van der Waals surface area contributed by atoms with Crippen molar-refractivity contribution in [2.75, 3.05) is 13.2 Å². The molecule has 0 aliphatic heterocycles. The Hall–Kier alpha value is -1.62. The molecule has 0 spiro atoms. The smallest absolute Gasteiger partial charge is 0.306 e. The lowest BCUT2D eigenvalue weighted by atomic mass is 10.1. The van der Waals surface area contributed by atoms with Crippen LogP contribution < -0.4 is 0 Å². The summed E-state index contributed by atoms with van der Waals surface area (Å²) in [5, 5.41) is 9.48. The molecule has 0 radical (unpaired) electrons. The van der Waals surface area contributed by atoms with E-state index in [-0.39, 0.29) is 25.2 Å². The molecule has 39 heavy (non-hydrogen) atoms. The van der Waals surface area contributed by atoms with E-state index in [1.807, 2.05) is 0 Å². The molecule has 0 heterocycles. The number of hydrogen-bond acceptors (Lipinski definition) is 5. The third-order valence-electron chi connectivity index (χ3n) is 6.97. The van der Waals surface area contributed by atoms with Gasteiger partial charge in [-0.2, -0.15) is 0 Å². The fourth-order valence-electron chi connectivity index (χ4n) is 4.42. The number of aliphatic hydroxyl groups is 1. The van der Waals surface area contributed by atoms with Crippen molar-refractivity contribution in [1.29, 1.82) is 0 Å². The largest absolute Gasteiger partial charge is 0.462 e. The van der Waals surface area contributed by atoms with Gasteiger partial charge in [0.2, 0.25) is 0 Å². The monoisotopic (exact) mass is 550 g/mol. The molecule has 0 rings (SSSR count). The molecule has 0 aromatic heterocycles. The van der Waals surface area contributed by atoms with Crippen LogP contribution in [0.3, 0.4) is 0 Å². The summed E-state index contributed by atoms with van der Waals surface area (Å²) in [6, 6.07) is 0. The molecule has 0 aliphatic carbocycles. The fraction of sp³-hybridized carbons (Fsp3) is 0.824. The van der Waals surface area contributed by atoms with Gasteiger partial charge < -0.3 is 14.6 Å². The molecule has 1 N–H and O–H groups in total. The third-order valence-corrected chi connectivity index (χ3v) is 6.97. The second-order valence-electron chi connectivity index (χ2n) is 10.9. The van der Waals surface area contributed by atoms with Crippen molar-refractivity contribution in [3.63, 3.8) is 0 Å². The molecule has 0 bridgehead atoms. The number of rotatable bonds is 29. The highest BCUT2D eigenvalue weighted by molar-refractivity contribution is 5.70. The average molecular weight is 551 g/mol. The van der Waals surface area contributed by atoms with Crippen molar-refractivity contribution in [2.24, 2.45) is 0 Å². The van der Waals surface area contributed by atoms with Crippen LogP contribution in [-0.4, -0.2) is 36.4 Å². The average Bonchev–Trinajstić information content (AvgIpc) is 2.94. The summed E-state index contributed by atoms with van der Waals surface area (Å²) in [7, 11) is 0. The number of carbonyl (C=O) groups is 2. The van der Waals surface area contributed by atoms with Crippen LogP contribution in [0.2, 0.25) is 0 Å². The summed E-state index contributed by atoms with van der Waals surface area (Å²) >= 11 is 0. The van der Waals surface area contributed by atoms with Crippen molar-refractivity contribution >= 4 is 11.9 Å². The zero-order chi connectivity index (χ0) is 28.7. The Kier molecular flexibility index (Phi) is 29.6. The Morgan fingerprint density at radius 3 is 1.44 bits per heavy atom. The molecule has 0 aromatic rings. The summed E-state index contributed by atoms with van der Waals surface area (Å²) in [4.78, 5) is 24.1. The second-order valence-corrected chi connectivity index (χ2v) is 10.9. The highest BCUT2D eigenvalue weighted by Crippen LogP contribution is 2.11. The van der Waals surface area contributed by atoms with Gasteiger partial charge in [-0.1, -0.05) is 109 Å². The first kappa shape index (κ1) is 37.4. The van der Waals surface area contributed by atoms with Gasteiger partial charge in [0.15, 0.2) is 6.10 Å². The quantitative estimate of drug-likeness (QED) is 0.0570. The van der Waals surface area contributed by atoms with Gasteiger partial charge in [0.05, 0.1) is 6.61 Å². The highest BCUT2D eigenvalue weighted by atomic mass is 16.6. The highest BCUT2D eigenvalue weighted by Gasteiger charge is 2.16. The molecule has 0 saturated heterocycles. The first-order valence-corrected chi connectivity index (χ1v) is 16.4. The summed E-state index contributed by atoms with van der Waals surface area (Å²) < 4.78 is 10.5. The minimum absolute atomic E-state index is 0.0716. The Bertz CT molecular complexity index is 598. The Balaban J connectivity index is 3.62. The molecule has 5 heteroatoms. The van der Waals surface area contributed by atoms with E-state index in [1.54, 1.807) is 0 Å². The number of hydrogen-bond donors (Lipinski definition) is 1. The minimum Gasteiger partial charge on any atom is -0.462 e. The maximum Gasteiger partial charge on any atom is 0.306 e. The molecule has 1 unspecified atom stereocenters. The van der Waals surface area contributed by atoms with Gasteiger partial charge in [-0.25, -0.2) is 0 Å². The lowest BCUT2D eigenvalue weighted by Gasteiger charge is -2.15. The number of aliphatic hydroxyl groups excluding tert-OH is 1. The maximum atomic E-state index is 12.1. The topological polar surface area (TPSA) is 72.8 Å². The van der Waals surface area contributed by atoms with Crippen molar-refractivity contribution in [2.45, 2.75) is 168 Å². The summed E-state index contributed by atoms with van der Waals surface area (Å²) in [5.41, 5.74) is 0. The molecule has 0 amide bonds.